The van der Waals surface area contributed by atoms with Crippen LogP contribution in [0.3, 0.4) is 0 Å². The van der Waals surface area contributed by atoms with E-state index in [4.69, 9.17) is 17.0 Å². The number of nitrogens with zero attached hydrogens (tertiary/aromatic N) is 1. The van der Waals surface area contributed by atoms with Gasteiger partial charge in [-0.25, -0.2) is 4.79 Å². The molecular weight excluding hydrogens is 334 g/mol. The molecule has 0 atom stereocenters. The predicted molar refractivity (Wildman–Crippen MR) is 96.0 cm³/mol. The summed E-state index contributed by atoms with van der Waals surface area (Å²) in [5.41, 5.74) is 0.580. The molecule has 0 aromatic heterocycles. The first-order valence-electron chi connectivity index (χ1n) is 7.25. The van der Waals surface area contributed by atoms with E-state index in [1.165, 1.54) is 11.8 Å². The molecule has 1 heterocycles. The number of benzene rings is 1. The Morgan fingerprint density at radius 3 is 2.52 bits per heavy atom. The third-order valence-electron chi connectivity index (χ3n) is 3.29. The molecule has 23 heavy (non-hydrogen) atoms. The van der Waals surface area contributed by atoms with Crippen molar-refractivity contribution < 1.29 is 14.3 Å². The van der Waals surface area contributed by atoms with Gasteiger partial charge in [0.05, 0.1) is 12.9 Å². The molecule has 8 heteroatoms. The van der Waals surface area contributed by atoms with Crippen LogP contribution in [0.25, 0.3) is 0 Å². The number of hydrogen-bond donors (Lipinski definition) is 2. The Bertz CT molecular complexity index is 572. The van der Waals surface area contributed by atoms with Gasteiger partial charge in [0.1, 0.15) is 10.1 Å². The van der Waals surface area contributed by atoms with Crippen LogP contribution >= 0.6 is 24.0 Å². The monoisotopic (exact) mass is 353 g/mol. The molecule has 1 aromatic carbocycles. The molecule has 0 spiro atoms. The SMILES string of the molecule is COc1ccc(NC(=O)NC(=O)CSC(=S)N2CCCC2)cc1. The molecule has 0 unspecified atom stereocenters. The zero-order valence-corrected chi connectivity index (χ0v) is 14.5. The smallest absolute Gasteiger partial charge is 0.325 e. The molecule has 1 aliphatic rings. The molecule has 0 radical (unpaired) electrons. The number of ether oxygens (including phenoxy) is 1. The van der Waals surface area contributed by atoms with E-state index in [-0.39, 0.29) is 11.7 Å². The van der Waals surface area contributed by atoms with Crippen molar-refractivity contribution in [3.05, 3.63) is 24.3 Å². The number of thioether (sulfide) groups is 1. The first-order chi connectivity index (χ1) is 11.1. The third-order valence-corrected chi connectivity index (χ3v) is 4.82. The molecule has 0 bridgehead atoms. The van der Waals surface area contributed by atoms with Crippen molar-refractivity contribution in [2.75, 3.05) is 31.3 Å². The van der Waals surface area contributed by atoms with Crippen LogP contribution in [0.15, 0.2) is 24.3 Å². The summed E-state index contributed by atoms with van der Waals surface area (Å²) in [5, 5.41) is 4.87. The summed E-state index contributed by atoms with van der Waals surface area (Å²) >= 11 is 6.55. The Balaban J connectivity index is 1.71. The van der Waals surface area contributed by atoms with E-state index in [1.54, 1.807) is 31.4 Å². The van der Waals surface area contributed by atoms with Crippen molar-refractivity contribution in [3.8, 4) is 5.75 Å². The molecule has 124 valence electrons. The van der Waals surface area contributed by atoms with E-state index in [1.807, 2.05) is 0 Å². The number of thiocarbonyl (C=S) groups is 1. The van der Waals surface area contributed by atoms with Crippen molar-refractivity contribution >= 4 is 45.9 Å². The normalized spacial score (nSPS) is 13.5. The minimum atomic E-state index is -0.562. The first-order valence-corrected chi connectivity index (χ1v) is 8.64. The molecule has 2 N–H and O–H groups in total. The lowest BCUT2D eigenvalue weighted by Crippen LogP contribution is -2.36. The topological polar surface area (TPSA) is 70.7 Å². The molecule has 1 aliphatic heterocycles. The lowest BCUT2D eigenvalue weighted by Gasteiger charge is -2.17. The highest BCUT2D eigenvalue weighted by Crippen LogP contribution is 2.16. The third kappa shape index (κ3) is 5.72. The lowest BCUT2D eigenvalue weighted by atomic mass is 10.3. The van der Waals surface area contributed by atoms with Crippen LogP contribution < -0.4 is 15.4 Å². The molecule has 6 nitrogen and oxygen atoms in total. The first kappa shape index (κ1) is 17.6. The number of amides is 3. The highest BCUT2D eigenvalue weighted by molar-refractivity contribution is 8.23. The number of nitrogens with one attached hydrogen (secondary N) is 2. The number of urea groups is 1. The van der Waals surface area contributed by atoms with Gasteiger partial charge in [0.15, 0.2) is 0 Å². The van der Waals surface area contributed by atoms with Gasteiger partial charge in [-0.05, 0) is 37.1 Å². The average molecular weight is 353 g/mol. The van der Waals surface area contributed by atoms with Crippen LogP contribution in [-0.4, -0.2) is 47.1 Å². The lowest BCUT2D eigenvalue weighted by molar-refractivity contribution is -0.117. The maximum Gasteiger partial charge on any atom is 0.325 e. The fourth-order valence-corrected chi connectivity index (χ4v) is 3.17. The standard InChI is InChI=1S/C15H19N3O3S2/c1-21-12-6-4-11(5-7-12)16-14(20)17-13(19)10-23-15(22)18-8-2-3-9-18/h4-7H,2-3,8-10H2,1H3,(H2,16,17,19,20). The maximum atomic E-state index is 11.8. The van der Waals surface area contributed by atoms with Gasteiger partial charge in [0, 0.05) is 18.8 Å². The summed E-state index contributed by atoms with van der Waals surface area (Å²) in [6.45, 7) is 1.90. The van der Waals surface area contributed by atoms with Crippen molar-refractivity contribution in [2.24, 2.45) is 0 Å². The van der Waals surface area contributed by atoms with E-state index < -0.39 is 6.03 Å². The van der Waals surface area contributed by atoms with Crippen LogP contribution in [0.4, 0.5) is 10.5 Å². The quantitative estimate of drug-likeness (QED) is 0.811. The average Bonchev–Trinajstić information content (AvgIpc) is 3.07. The Morgan fingerprint density at radius 1 is 1.26 bits per heavy atom. The Hall–Kier alpha value is -1.80. The van der Waals surface area contributed by atoms with Crippen LogP contribution in [0.2, 0.25) is 0 Å². The fraction of sp³-hybridized carbons (Fsp3) is 0.400. The largest absolute Gasteiger partial charge is 0.497 e. The number of likely N-dealkylation sites (tertiary alicyclic amines) is 1. The molecule has 1 aromatic rings. The highest BCUT2D eigenvalue weighted by Gasteiger charge is 2.16. The number of anilines is 1. The Labute approximate surface area is 144 Å². The van der Waals surface area contributed by atoms with E-state index >= 15 is 0 Å². The molecular formula is C15H19N3O3S2. The van der Waals surface area contributed by atoms with Crippen LogP contribution in [0.1, 0.15) is 12.8 Å². The highest BCUT2D eigenvalue weighted by atomic mass is 32.2. The van der Waals surface area contributed by atoms with Gasteiger partial charge >= 0.3 is 6.03 Å². The predicted octanol–water partition coefficient (Wildman–Crippen LogP) is 2.46. The van der Waals surface area contributed by atoms with E-state index in [0.717, 1.165) is 25.9 Å². The number of methoxy groups -OCH3 is 1. The van der Waals surface area contributed by atoms with E-state index in [2.05, 4.69) is 15.5 Å². The van der Waals surface area contributed by atoms with Gasteiger partial charge in [0.25, 0.3) is 0 Å². The van der Waals surface area contributed by atoms with Gasteiger partial charge in [-0.3, -0.25) is 10.1 Å². The summed E-state index contributed by atoms with van der Waals surface area (Å²) in [4.78, 5) is 25.6. The number of imide groups is 1. The number of carbonyl (C=O) groups excluding carboxylic acids is 2. The maximum absolute atomic E-state index is 11.8. The van der Waals surface area contributed by atoms with Gasteiger partial charge in [0.2, 0.25) is 5.91 Å². The summed E-state index contributed by atoms with van der Waals surface area (Å²) < 4.78 is 5.75. The van der Waals surface area contributed by atoms with Crippen molar-refractivity contribution in [1.82, 2.24) is 10.2 Å². The fourth-order valence-electron chi connectivity index (χ4n) is 2.12. The second-order valence-corrected chi connectivity index (χ2v) is 6.59. The number of carbonyl (C=O) groups is 2. The van der Waals surface area contributed by atoms with Crippen molar-refractivity contribution in [2.45, 2.75) is 12.8 Å². The van der Waals surface area contributed by atoms with Gasteiger partial charge in [-0.1, -0.05) is 24.0 Å². The van der Waals surface area contributed by atoms with E-state index in [9.17, 15) is 9.59 Å². The van der Waals surface area contributed by atoms with Gasteiger partial charge in [-0.15, -0.1) is 0 Å². The minimum absolute atomic E-state index is 0.130. The molecule has 3 amide bonds. The summed E-state index contributed by atoms with van der Waals surface area (Å²) in [6.07, 6.45) is 2.27. The van der Waals surface area contributed by atoms with Crippen LogP contribution in [0.5, 0.6) is 5.75 Å². The van der Waals surface area contributed by atoms with E-state index in [0.29, 0.717) is 15.8 Å². The molecule has 1 saturated heterocycles. The zero-order chi connectivity index (χ0) is 16.7. The Kier molecular flexibility index (Phi) is 6.66. The molecule has 1 fully saturated rings. The second-order valence-electron chi connectivity index (χ2n) is 4.98. The van der Waals surface area contributed by atoms with Gasteiger partial charge < -0.3 is 15.0 Å². The summed E-state index contributed by atoms with van der Waals surface area (Å²) in [7, 11) is 1.57. The van der Waals surface area contributed by atoms with Crippen molar-refractivity contribution in [1.29, 1.82) is 0 Å². The summed E-state index contributed by atoms with van der Waals surface area (Å²) in [6, 6.07) is 6.27. The van der Waals surface area contributed by atoms with Crippen LogP contribution in [0, 0.1) is 0 Å². The minimum Gasteiger partial charge on any atom is -0.497 e. The molecule has 0 aliphatic carbocycles. The number of hydrogen-bond acceptors (Lipinski definition) is 5. The molecule has 0 saturated carbocycles. The van der Waals surface area contributed by atoms with Gasteiger partial charge in [-0.2, -0.15) is 0 Å². The summed E-state index contributed by atoms with van der Waals surface area (Å²) in [5.74, 6) is 0.451. The van der Waals surface area contributed by atoms with Crippen molar-refractivity contribution in [3.63, 3.8) is 0 Å². The number of rotatable bonds is 4. The second kappa shape index (κ2) is 8.73. The Morgan fingerprint density at radius 2 is 1.91 bits per heavy atom. The molecule has 2 rings (SSSR count). The van der Waals surface area contributed by atoms with Crippen LogP contribution in [-0.2, 0) is 4.79 Å². The zero-order valence-electron chi connectivity index (χ0n) is 12.8.